The molecule has 0 radical (unpaired) electrons. The van der Waals surface area contributed by atoms with Crippen molar-refractivity contribution >= 4 is 23.2 Å². The Balaban J connectivity index is 1.76. The van der Waals surface area contributed by atoms with Gasteiger partial charge in [0, 0.05) is 39.3 Å². The van der Waals surface area contributed by atoms with E-state index in [0.717, 1.165) is 23.0 Å². The van der Waals surface area contributed by atoms with Gasteiger partial charge in [0.15, 0.2) is 11.2 Å². The molecule has 11 heteroatoms. The Kier molecular flexibility index (Phi) is 8.51. The maximum absolute atomic E-state index is 14.3. The number of ether oxygens (including phenoxy) is 1. The Morgan fingerprint density at radius 1 is 1.20 bits per heavy atom. The summed E-state index contributed by atoms with van der Waals surface area (Å²) in [5.41, 5.74) is 0.574. The first-order valence-electron chi connectivity index (χ1n) is 13.7. The molecule has 1 aliphatic heterocycles. The highest BCUT2D eigenvalue weighted by atomic mass is 19.1. The summed E-state index contributed by atoms with van der Waals surface area (Å²) in [7, 11) is 1.45. The van der Waals surface area contributed by atoms with Crippen molar-refractivity contribution in [1.82, 2.24) is 24.0 Å². The van der Waals surface area contributed by atoms with E-state index in [4.69, 9.17) is 9.72 Å². The first-order valence-corrected chi connectivity index (χ1v) is 13.7. The van der Waals surface area contributed by atoms with Gasteiger partial charge in [-0.3, -0.25) is 13.9 Å². The van der Waals surface area contributed by atoms with Crippen LogP contribution in [-0.2, 0) is 31.3 Å². The van der Waals surface area contributed by atoms with Gasteiger partial charge in [-0.1, -0.05) is 29.8 Å². The van der Waals surface area contributed by atoms with Crippen molar-refractivity contribution < 1.29 is 13.9 Å². The highest BCUT2D eigenvalue weighted by Crippen LogP contribution is 2.24. The number of anilines is 1. The normalized spacial score (nSPS) is 15.8. The lowest BCUT2D eigenvalue weighted by Gasteiger charge is -2.34. The van der Waals surface area contributed by atoms with Gasteiger partial charge in [0.05, 0.1) is 0 Å². The van der Waals surface area contributed by atoms with Gasteiger partial charge in [-0.25, -0.2) is 14.0 Å². The number of nitrogens with one attached hydrogen (secondary N) is 1. The number of amides is 1. The van der Waals surface area contributed by atoms with Crippen molar-refractivity contribution in [2.24, 2.45) is 7.05 Å². The third-order valence-corrected chi connectivity index (χ3v) is 6.88. The predicted octanol–water partition coefficient (Wildman–Crippen LogP) is 3.74. The number of piperidine rings is 1. The first-order chi connectivity index (χ1) is 18.9. The molecule has 1 atom stereocenters. The zero-order chi connectivity index (χ0) is 29.2. The molecule has 216 valence electrons. The molecule has 0 saturated carbocycles. The fourth-order valence-electron chi connectivity index (χ4n) is 4.92. The average Bonchev–Trinajstić information content (AvgIpc) is 3.25. The van der Waals surface area contributed by atoms with Gasteiger partial charge in [-0.15, -0.1) is 0 Å². The molecule has 3 heterocycles. The number of carbonyl (C=O) groups is 1. The van der Waals surface area contributed by atoms with Crippen LogP contribution in [0.3, 0.4) is 0 Å². The van der Waals surface area contributed by atoms with E-state index in [-0.39, 0.29) is 30.5 Å². The molecule has 10 nitrogen and oxygen atoms in total. The maximum atomic E-state index is 14.3. The molecule has 2 aromatic heterocycles. The number of imidazole rings is 1. The molecular formula is C29H39FN6O4. The Morgan fingerprint density at radius 2 is 1.93 bits per heavy atom. The van der Waals surface area contributed by atoms with E-state index in [1.54, 1.807) is 18.2 Å². The van der Waals surface area contributed by atoms with Crippen LogP contribution in [0.15, 0.2) is 45.5 Å². The molecule has 1 aromatic carbocycles. The van der Waals surface area contributed by atoms with E-state index in [9.17, 15) is 18.8 Å². The second-order valence-electron chi connectivity index (χ2n) is 11.5. The number of rotatable bonds is 7. The van der Waals surface area contributed by atoms with Crippen LogP contribution in [0.4, 0.5) is 15.1 Å². The van der Waals surface area contributed by atoms with Gasteiger partial charge in [-0.05, 0) is 65.5 Å². The van der Waals surface area contributed by atoms with E-state index in [1.165, 1.54) is 17.7 Å². The number of halogens is 1. The summed E-state index contributed by atoms with van der Waals surface area (Å²) >= 11 is 0. The molecule has 0 bridgehead atoms. The standard InChI is InChI=1S/C29H39FN6O4/c1-19(2)13-16-35-23-24(32-26(35)34-15-9-11-21(18-34)31-27(38)40-29(3,4)5)36(28(39)33(6)25(23)37)17-14-20-10-7-8-12-22(20)30/h7-8,10,12-13,21H,9,11,14-18H2,1-6H3,(H,31,38). The summed E-state index contributed by atoms with van der Waals surface area (Å²) in [6.45, 7) is 11.1. The Labute approximate surface area is 233 Å². The minimum absolute atomic E-state index is 0.159. The van der Waals surface area contributed by atoms with E-state index >= 15 is 0 Å². The van der Waals surface area contributed by atoms with Crippen LogP contribution in [0.2, 0.25) is 0 Å². The van der Waals surface area contributed by atoms with Crippen LogP contribution in [0.1, 0.15) is 53.0 Å². The van der Waals surface area contributed by atoms with Gasteiger partial charge in [-0.2, -0.15) is 4.98 Å². The minimum atomic E-state index is -0.608. The lowest BCUT2D eigenvalue weighted by atomic mass is 10.1. The molecule has 1 N–H and O–H groups in total. The number of hydrogen-bond donors (Lipinski definition) is 1. The number of allylic oxidation sites excluding steroid dienone is 2. The number of hydrogen-bond acceptors (Lipinski definition) is 6. The molecule has 4 rings (SSSR count). The largest absolute Gasteiger partial charge is 0.444 e. The van der Waals surface area contributed by atoms with Crippen LogP contribution in [-0.4, -0.2) is 49.5 Å². The van der Waals surface area contributed by atoms with E-state index in [1.807, 2.05) is 50.2 Å². The predicted molar refractivity (Wildman–Crippen MR) is 153 cm³/mol. The zero-order valence-electron chi connectivity index (χ0n) is 24.2. The number of fused-ring (bicyclic) bond motifs is 1. The van der Waals surface area contributed by atoms with Crippen LogP contribution >= 0.6 is 0 Å². The first kappa shape index (κ1) is 29.1. The van der Waals surface area contributed by atoms with Crippen molar-refractivity contribution in [2.45, 2.75) is 78.6 Å². The Morgan fingerprint density at radius 3 is 2.60 bits per heavy atom. The van der Waals surface area contributed by atoms with Gasteiger partial charge in [0.2, 0.25) is 5.95 Å². The fraction of sp³-hybridized carbons (Fsp3) is 0.517. The minimum Gasteiger partial charge on any atom is -0.444 e. The molecule has 1 unspecified atom stereocenters. The van der Waals surface area contributed by atoms with Crippen LogP contribution in [0.25, 0.3) is 11.2 Å². The van der Waals surface area contributed by atoms with E-state index < -0.39 is 22.9 Å². The van der Waals surface area contributed by atoms with Gasteiger partial charge < -0.3 is 19.5 Å². The van der Waals surface area contributed by atoms with E-state index in [2.05, 4.69) is 5.32 Å². The SMILES string of the molecule is CC(C)=CCn1c(N2CCCC(NC(=O)OC(C)(C)C)C2)nc2c1c(=O)n(C)c(=O)n2CCc1ccccc1F. The molecule has 3 aromatic rings. The number of carbonyl (C=O) groups excluding carboxylic acids is 1. The monoisotopic (exact) mass is 554 g/mol. The third kappa shape index (κ3) is 6.46. The number of aryl methyl sites for hydroxylation is 2. The molecule has 0 aliphatic carbocycles. The molecular weight excluding hydrogens is 515 g/mol. The fourth-order valence-corrected chi connectivity index (χ4v) is 4.92. The topological polar surface area (TPSA) is 103 Å². The highest BCUT2D eigenvalue weighted by Gasteiger charge is 2.29. The summed E-state index contributed by atoms with van der Waals surface area (Å²) in [5, 5.41) is 2.95. The summed E-state index contributed by atoms with van der Waals surface area (Å²) in [6, 6.07) is 6.27. The lowest BCUT2D eigenvalue weighted by molar-refractivity contribution is 0.0499. The molecule has 1 aliphatic rings. The van der Waals surface area contributed by atoms with Gasteiger partial charge >= 0.3 is 11.8 Å². The van der Waals surface area contributed by atoms with Crippen molar-refractivity contribution in [2.75, 3.05) is 18.0 Å². The lowest BCUT2D eigenvalue weighted by Crippen LogP contribution is -2.49. The quantitative estimate of drug-likeness (QED) is 0.447. The van der Waals surface area contributed by atoms with Crippen molar-refractivity contribution in [3.8, 4) is 0 Å². The molecule has 40 heavy (non-hydrogen) atoms. The highest BCUT2D eigenvalue weighted by molar-refractivity contribution is 5.75. The summed E-state index contributed by atoms with van der Waals surface area (Å²) in [5.74, 6) is 0.203. The third-order valence-electron chi connectivity index (χ3n) is 6.88. The average molecular weight is 555 g/mol. The second kappa shape index (κ2) is 11.7. The molecule has 1 saturated heterocycles. The van der Waals surface area contributed by atoms with Crippen molar-refractivity contribution in [3.05, 3.63) is 68.1 Å². The molecule has 1 fully saturated rings. The number of nitrogens with zero attached hydrogens (tertiary/aromatic N) is 5. The Bertz CT molecular complexity index is 1540. The van der Waals surface area contributed by atoms with Crippen molar-refractivity contribution in [3.63, 3.8) is 0 Å². The molecule has 1 amide bonds. The van der Waals surface area contributed by atoms with Crippen LogP contribution < -0.4 is 21.5 Å². The smallest absolute Gasteiger partial charge is 0.407 e. The van der Waals surface area contributed by atoms with Crippen molar-refractivity contribution in [1.29, 1.82) is 0 Å². The number of alkyl carbamates (subject to hydrolysis) is 1. The zero-order valence-corrected chi connectivity index (χ0v) is 24.2. The maximum Gasteiger partial charge on any atom is 0.407 e. The van der Waals surface area contributed by atoms with Crippen LogP contribution in [0, 0.1) is 5.82 Å². The second-order valence-corrected chi connectivity index (χ2v) is 11.5. The summed E-state index contributed by atoms with van der Waals surface area (Å²) < 4.78 is 24.1. The summed E-state index contributed by atoms with van der Waals surface area (Å²) in [6.07, 6.45) is 3.36. The van der Waals surface area contributed by atoms with Crippen LogP contribution in [0.5, 0.6) is 0 Å². The van der Waals surface area contributed by atoms with Gasteiger partial charge in [0.25, 0.3) is 5.56 Å². The number of aromatic nitrogens is 4. The number of benzene rings is 1. The van der Waals surface area contributed by atoms with E-state index in [0.29, 0.717) is 36.7 Å². The Hall–Kier alpha value is -3.89. The molecule has 0 spiro atoms. The summed E-state index contributed by atoms with van der Waals surface area (Å²) in [4.78, 5) is 46.0. The van der Waals surface area contributed by atoms with Gasteiger partial charge in [0.1, 0.15) is 11.4 Å².